The van der Waals surface area contributed by atoms with Crippen molar-refractivity contribution in [3.8, 4) is 11.3 Å². The molecule has 4 heterocycles. The quantitative estimate of drug-likeness (QED) is 0.404. The average molecular weight is 404 g/mol. The third-order valence-electron chi connectivity index (χ3n) is 5.33. The number of aromatic nitrogens is 3. The summed E-state index contributed by atoms with van der Waals surface area (Å²) in [7, 11) is -1.45. The number of hydrogen-bond donors (Lipinski definition) is 0. The molecule has 0 radical (unpaired) electrons. The zero-order valence-electron chi connectivity index (χ0n) is 18.4. The number of fused-ring (bicyclic) bond motifs is 3. The fourth-order valence-corrected chi connectivity index (χ4v) is 5.64. The highest BCUT2D eigenvalue weighted by Gasteiger charge is 2.22. The Morgan fingerprint density at radius 3 is 2.41 bits per heavy atom. The second-order valence-electron chi connectivity index (χ2n) is 9.48. The molecule has 0 aromatic carbocycles. The van der Waals surface area contributed by atoms with E-state index in [0.717, 1.165) is 45.4 Å². The number of furan rings is 1. The van der Waals surface area contributed by atoms with Gasteiger partial charge in [-0.3, -0.25) is 9.97 Å². The van der Waals surface area contributed by atoms with Crippen molar-refractivity contribution in [3.63, 3.8) is 0 Å². The molecule has 4 aromatic rings. The summed E-state index contributed by atoms with van der Waals surface area (Å²) in [6.45, 7) is 15.7. The molecule has 0 aliphatic heterocycles. The van der Waals surface area contributed by atoms with Crippen LogP contribution in [0.2, 0.25) is 19.6 Å². The van der Waals surface area contributed by atoms with Crippen LogP contribution in [0.1, 0.15) is 30.8 Å². The van der Waals surface area contributed by atoms with Gasteiger partial charge in [0.25, 0.3) is 0 Å². The van der Waals surface area contributed by atoms with Gasteiger partial charge in [-0.05, 0) is 55.1 Å². The summed E-state index contributed by atoms with van der Waals surface area (Å²) in [5.41, 5.74) is 6.79. The molecule has 0 saturated carbocycles. The minimum absolute atomic E-state index is 0.609. The van der Waals surface area contributed by atoms with Crippen LogP contribution in [0, 0.1) is 19.8 Å². The predicted octanol–water partition coefficient (Wildman–Crippen LogP) is 5.80. The van der Waals surface area contributed by atoms with Gasteiger partial charge in [0.15, 0.2) is 5.58 Å². The Bertz CT molecular complexity index is 1220. The van der Waals surface area contributed by atoms with Crippen LogP contribution in [0.5, 0.6) is 0 Å². The Morgan fingerprint density at radius 2 is 1.72 bits per heavy atom. The highest BCUT2D eigenvalue weighted by atomic mass is 28.3. The van der Waals surface area contributed by atoms with Gasteiger partial charge in [0, 0.05) is 34.4 Å². The first-order chi connectivity index (χ1) is 13.6. The molecule has 4 aromatic heterocycles. The summed E-state index contributed by atoms with van der Waals surface area (Å²) in [6, 6.07) is 6.50. The van der Waals surface area contributed by atoms with Crippen molar-refractivity contribution in [2.45, 2.75) is 53.8 Å². The zero-order valence-corrected chi connectivity index (χ0v) is 19.4. The van der Waals surface area contributed by atoms with Crippen LogP contribution < -0.4 is 5.19 Å². The van der Waals surface area contributed by atoms with E-state index in [4.69, 9.17) is 9.40 Å². The van der Waals surface area contributed by atoms with Crippen molar-refractivity contribution < 1.29 is 4.42 Å². The molecule has 0 fully saturated rings. The van der Waals surface area contributed by atoms with Crippen LogP contribution in [-0.4, -0.2) is 23.0 Å². The maximum absolute atomic E-state index is 5.98. The minimum atomic E-state index is -1.45. The maximum atomic E-state index is 5.98. The van der Waals surface area contributed by atoms with E-state index in [1.807, 2.05) is 20.0 Å². The molecule has 0 N–H and O–H groups in total. The van der Waals surface area contributed by atoms with Crippen molar-refractivity contribution >= 4 is 35.3 Å². The van der Waals surface area contributed by atoms with Gasteiger partial charge in [-0.15, -0.1) is 0 Å². The zero-order chi connectivity index (χ0) is 20.9. The van der Waals surface area contributed by atoms with E-state index in [-0.39, 0.29) is 0 Å². The molecule has 0 saturated heterocycles. The molecule has 29 heavy (non-hydrogen) atoms. The summed E-state index contributed by atoms with van der Waals surface area (Å²) in [4.78, 5) is 14.0. The van der Waals surface area contributed by atoms with E-state index in [1.165, 1.54) is 10.8 Å². The molecule has 0 aliphatic carbocycles. The van der Waals surface area contributed by atoms with Gasteiger partial charge in [0.05, 0.1) is 19.5 Å². The Balaban J connectivity index is 1.89. The third-order valence-corrected chi connectivity index (χ3v) is 7.40. The van der Waals surface area contributed by atoms with Gasteiger partial charge in [0.2, 0.25) is 5.71 Å². The Hall–Kier alpha value is -2.53. The van der Waals surface area contributed by atoms with Gasteiger partial charge in [-0.2, -0.15) is 0 Å². The molecular formula is C24H29N3OSi. The number of rotatable bonds is 4. The number of aryl methyl sites for hydroxylation is 2. The van der Waals surface area contributed by atoms with Crippen LogP contribution in [0.25, 0.3) is 33.3 Å². The molecule has 0 unspecified atom stereocenters. The molecule has 0 amide bonds. The summed E-state index contributed by atoms with van der Waals surface area (Å²) >= 11 is 0. The molecule has 0 aliphatic rings. The first-order valence-electron chi connectivity index (χ1n) is 10.3. The maximum Gasteiger partial charge on any atom is 0.227 e. The number of hydrogen-bond acceptors (Lipinski definition) is 4. The van der Waals surface area contributed by atoms with E-state index in [1.54, 1.807) is 0 Å². The molecule has 0 atom stereocenters. The number of pyridine rings is 3. The Morgan fingerprint density at radius 1 is 0.966 bits per heavy atom. The first kappa shape index (κ1) is 19.8. The molecule has 5 heteroatoms. The summed E-state index contributed by atoms with van der Waals surface area (Å²) in [6.07, 6.45) is 5.05. The molecule has 4 rings (SSSR count). The van der Waals surface area contributed by atoms with E-state index in [2.05, 4.69) is 67.9 Å². The minimum Gasteiger partial charge on any atom is -0.436 e. The first-order valence-corrected chi connectivity index (χ1v) is 13.8. The van der Waals surface area contributed by atoms with Crippen molar-refractivity contribution in [3.05, 3.63) is 47.5 Å². The van der Waals surface area contributed by atoms with Gasteiger partial charge in [-0.25, -0.2) is 4.98 Å². The SMILES string of the molecule is Cc1cc2c(oc3ncc(-c4cc(CC(C)C)c([Si](C)(C)C)cn4)cc32)c(C)n1. The third kappa shape index (κ3) is 3.71. The summed E-state index contributed by atoms with van der Waals surface area (Å²) in [5, 5.41) is 3.54. The standard InChI is InChI=1S/C24H29N3OSi/c1-14(2)8-17-11-21(25-13-22(17)29(5,6)7)18-10-20-19-9-15(3)27-16(4)23(19)28-24(20)26-12-18/h9-14H,8H2,1-7H3. The molecule has 0 bridgehead atoms. The highest BCUT2D eigenvalue weighted by molar-refractivity contribution is 6.89. The summed E-state index contributed by atoms with van der Waals surface area (Å²) < 4.78 is 5.98. The van der Waals surface area contributed by atoms with Crippen LogP contribution in [0.4, 0.5) is 0 Å². The molecule has 150 valence electrons. The van der Waals surface area contributed by atoms with Crippen LogP contribution in [0.3, 0.4) is 0 Å². The Labute approximate surface area is 173 Å². The Kier molecular flexibility index (Phi) is 4.81. The van der Waals surface area contributed by atoms with Gasteiger partial charge < -0.3 is 4.42 Å². The molecular weight excluding hydrogens is 374 g/mol. The van der Waals surface area contributed by atoms with Crippen LogP contribution >= 0.6 is 0 Å². The van der Waals surface area contributed by atoms with Gasteiger partial charge in [0.1, 0.15) is 0 Å². The second kappa shape index (κ2) is 7.06. The monoisotopic (exact) mass is 403 g/mol. The topological polar surface area (TPSA) is 51.8 Å². The lowest BCUT2D eigenvalue weighted by Gasteiger charge is -2.22. The average Bonchev–Trinajstić information content (AvgIpc) is 2.98. The van der Waals surface area contributed by atoms with Crippen molar-refractivity contribution in [1.82, 2.24) is 15.0 Å². The van der Waals surface area contributed by atoms with E-state index in [9.17, 15) is 0 Å². The van der Waals surface area contributed by atoms with Crippen LogP contribution in [-0.2, 0) is 6.42 Å². The smallest absolute Gasteiger partial charge is 0.227 e. The van der Waals surface area contributed by atoms with Gasteiger partial charge >= 0.3 is 0 Å². The molecule has 4 nitrogen and oxygen atoms in total. The lowest BCUT2D eigenvalue weighted by Crippen LogP contribution is -2.40. The van der Waals surface area contributed by atoms with Crippen molar-refractivity contribution in [2.75, 3.05) is 0 Å². The van der Waals surface area contributed by atoms with E-state index >= 15 is 0 Å². The second-order valence-corrected chi connectivity index (χ2v) is 14.5. The van der Waals surface area contributed by atoms with Crippen molar-refractivity contribution in [1.29, 1.82) is 0 Å². The summed E-state index contributed by atoms with van der Waals surface area (Å²) in [5.74, 6) is 0.609. The molecule has 0 spiro atoms. The fourth-order valence-electron chi connectivity index (χ4n) is 4.05. The lowest BCUT2D eigenvalue weighted by molar-refractivity contribution is 0.648. The predicted molar refractivity (Wildman–Crippen MR) is 124 cm³/mol. The highest BCUT2D eigenvalue weighted by Crippen LogP contribution is 2.32. The van der Waals surface area contributed by atoms with Gasteiger partial charge in [-0.1, -0.05) is 33.5 Å². The lowest BCUT2D eigenvalue weighted by atomic mass is 10.0. The van der Waals surface area contributed by atoms with E-state index in [0.29, 0.717) is 11.6 Å². The van der Waals surface area contributed by atoms with Crippen molar-refractivity contribution in [2.24, 2.45) is 5.92 Å². The van der Waals surface area contributed by atoms with E-state index < -0.39 is 8.07 Å². The largest absolute Gasteiger partial charge is 0.436 e. The van der Waals surface area contributed by atoms with Crippen LogP contribution in [0.15, 0.2) is 35.0 Å². The normalized spacial score (nSPS) is 12.4. The fraction of sp³-hybridized carbons (Fsp3) is 0.375. The number of nitrogens with zero attached hydrogens (tertiary/aromatic N) is 3.